The Balaban J connectivity index is 1.60. The lowest BCUT2D eigenvalue weighted by atomic mass is 9.88. The molecule has 1 fully saturated rings. The van der Waals surface area contributed by atoms with Gasteiger partial charge in [0.1, 0.15) is 5.75 Å². The van der Waals surface area contributed by atoms with E-state index in [2.05, 4.69) is 4.74 Å². The summed E-state index contributed by atoms with van der Waals surface area (Å²) in [5.74, 6) is -0.905. The third kappa shape index (κ3) is 4.85. The van der Waals surface area contributed by atoms with Gasteiger partial charge < -0.3 is 14.7 Å². The Morgan fingerprint density at radius 1 is 1.11 bits per heavy atom. The van der Waals surface area contributed by atoms with Gasteiger partial charge in [0.15, 0.2) is 0 Å². The highest BCUT2D eigenvalue weighted by atomic mass is 19.3. The number of carbonyl (C=O) groups excluding carboxylic acids is 1. The molecule has 1 saturated heterocycles. The van der Waals surface area contributed by atoms with Crippen LogP contribution in [0.15, 0.2) is 48.5 Å². The van der Waals surface area contributed by atoms with E-state index in [1.807, 2.05) is 12.1 Å². The molecule has 3 rings (SSSR count). The Kier molecular flexibility index (Phi) is 6.23. The van der Waals surface area contributed by atoms with Gasteiger partial charge in [-0.05, 0) is 55.0 Å². The second-order valence-electron chi connectivity index (χ2n) is 6.81. The number of benzene rings is 2. The van der Waals surface area contributed by atoms with Gasteiger partial charge in [0.2, 0.25) is 0 Å². The predicted molar refractivity (Wildman–Crippen MR) is 98.8 cm³/mol. The van der Waals surface area contributed by atoms with Crippen molar-refractivity contribution in [1.29, 1.82) is 0 Å². The van der Waals surface area contributed by atoms with Crippen molar-refractivity contribution in [3.63, 3.8) is 0 Å². The van der Waals surface area contributed by atoms with Crippen LogP contribution in [0.3, 0.4) is 0 Å². The van der Waals surface area contributed by atoms with Crippen LogP contribution in [-0.4, -0.2) is 41.6 Å². The smallest absolute Gasteiger partial charge is 0.387 e. The first-order valence-corrected chi connectivity index (χ1v) is 9.09. The summed E-state index contributed by atoms with van der Waals surface area (Å²) >= 11 is 0. The number of hydrogen-bond donors (Lipinski definition) is 1. The SMILES string of the molecule is O=C(O)c1ccccc1CC1CCN(C(=O)c2cccc(OC(F)F)c2)CC1. The summed E-state index contributed by atoms with van der Waals surface area (Å²) in [5.41, 5.74) is 1.43. The Morgan fingerprint density at radius 3 is 2.50 bits per heavy atom. The van der Waals surface area contributed by atoms with E-state index < -0.39 is 12.6 Å². The van der Waals surface area contributed by atoms with Crippen LogP contribution in [0.2, 0.25) is 0 Å². The number of carboxylic acid groups (broad SMARTS) is 1. The van der Waals surface area contributed by atoms with Crippen molar-refractivity contribution < 1.29 is 28.2 Å². The van der Waals surface area contributed by atoms with Gasteiger partial charge in [-0.3, -0.25) is 4.79 Å². The van der Waals surface area contributed by atoms with E-state index in [0.717, 1.165) is 18.4 Å². The van der Waals surface area contributed by atoms with Crippen molar-refractivity contribution in [3.05, 3.63) is 65.2 Å². The van der Waals surface area contributed by atoms with Crippen LogP contribution in [0.1, 0.15) is 39.1 Å². The highest BCUT2D eigenvalue weighted by Gasteiger charge is 2.25. The molecule has 0 spiro atoms. The van der Waals surface area contributed by atoms with Crippen LogP contribution < -0.4 is 4.74 Å². The Bertz CT molecular complexity index is 848. The van der Waals surface area contributed by atoms with Crippen LogP contribution in [0.4, 0.5) is 8.78 Å². The molecule has 0 saturated carbocycles. The quantitative estimate of drug-likeness (QED) is 0.808. The van der Waals surface area contributed by atoms with Crippen molar-refractivity contribution >= 4 is 11.9 Å². The zero-order valence-corrected chi connectivity index (χ0v) is 15.2. The number of carboxylic acids is 1. The molecule has 1 aliphatic heterocycles. The van der Waals surface area contributed by atoms with Crippen molar-refractivity contribution in [2.24, 2.45) is 5.92 Å². The van der Waals surface area contributed by atoms with E-state index in [1.165, 1.54) is 18.2 Å². The molecule has 0 radical (unpaired) electrons. The van der Waals surface area contributed by atoms with E-state index in [1.54, 1.807) is 23.1 Å². The number of rotatable bonds is 6. The normalized spacial score (nSPS) is 14.9. The van der Waals surface area contributed by atoms with E-state index >= 15 is 0 Å². The summed E-state index contributed by atoms with van der Waals surface area (Å²) in [7, 11) is 0. The minimum Gasteiger partial charge on any atom is -0.478 e. The van der Waals surface area contributed by atoms with Crippen molar-refractivity contribution in [3.8, 4) is 5.75 Å². The Morgan fingerprint density at radius 2 is 1.82 bits per heavy atom. The first kappa shape index (κ1) is 19.8. The average molecular weight is 389 g/mol. The van der Waals surface area contributed by atoms with Crippen LogP contribution in [0, 0.1) is 5.92 Å². The molecule has 0 atom stereocenters. The van der Waals surface area contributed by atoms with Crippen LogP contribution in [0.5, 0.6) is 5.75 Å². The number of ether oxygens (including phenoxy) is 1. The maximum atomic E-state index is 12.7. The molecule has 1 amide bonds. The summed E-state index contributed by atoms with van der Waals surface area (Å²) < 4.78 is 29.1. The van der Waals surface area contributed by atoms with Gasteiger partial charge in [-0.2, -0.15) is 8.78 Å². The topological polar surface area (TPSA) is 66.8 Å². The minimum absolute atomic E-state index is 0.0407. The van der Waals surface area contributed by atoms with Crippen LogP contribution in [0.25, 0.3) is 0 Å². The van der Waals surface area contributed by atoms with Gasteiger partial charge in [-0.1, -0.05) is 24.3 Å². The number of halogens is 2. The number of alkyl halides is 2. The molecular formula is C21H21F2NO4. The van der Waals surface area contributed by atoms with E-state index in [0.29, 0.717) is 30.6 Å². The summed E-state index contributed by atoms with van der Waals surface area (Å²) in [6.45, 7) is -1.85. The molecule has 0 bridgehead atoms. The lowest BCUT2D eigenvalue weighted by Crippen LogP contribution is -2.39. The molecule has 28 heavy (non-hydrogen) atoms. The molecular weight excluding hydrogens is 368 g/mol. The second kappa shape index (κ2) is 8.82. The third-order valence-corrected chi connectivity index (χ3v) is 4.96. The fraction of sp³-hybridized carbons (Fsp3) is 0.333. The number of nitrogens with zero attached hydrogens (tertiary/aromatic N) is 1. The number of aromatic carboxylic acids is 1. The minimum atomic E-state index is -2.94. The fourth-order valence-electron chi connectivity index (χ4n) is 3.55. The molecule has 1 aliphatic rings. The van der Waals surface area contributed by atoms with E-state index in [4.69, 9.17) is 0 Å². The standard InChI is InChI=1S/C21H21F2NO4/c22-21(23)28-17-6-3-5-16(13-17)19(25)24-10-8-14(9-11-24)12-15-4-1-2-7-18(15)20(26)27/h1-7,13-14,21H,8-12H2,(H,26,27). The zero-order valence-electron chi connectivity index (χ0n) is 15.2. The molecule has 5 nitrogen and oxygen atoms in total. The van der Waals surface area contributed by atoms with Gasteiger partial charge in [0, 0.05) is 18.7 Å². The van der Waals surface area contributed by atoms with Crippen LogP contribution >= 0.6 is 0 Å². The highest BCUT2D eigenvalue weighted by Crippen LogP contribution is 2.25. The number of amides is 1. The van der Waals surface area contributed by atoms with E-state index in [9.17, 15) is 23.5 Å². The molecule has 148 valence electrons. The zero-order chi connectivity index (χ0) is 20.1. The second-order valence-corrected chi connectivity index (χ2v) is 6.81. The summed E-state index contributed by atoms with van der Waals surface area (Å²) in [5, 5.41) is 9.30. The molecule has 0 unspecified atom stereocenters. The van der Waals surface area contributed by atoms with Gasteiger partial charge >= 0.3 is 12.6 Å². The van der Waals surface area contributed by atoms with Crippen molar-refractivity contribution in [2.75, 3.05) is 13.1 Å². The average Bonchev–Trinajstić information content (AvgIpc) is 2.68. The van der Waals surface area contributed by atoms with Gasteiger partial charge in [-0.25, -0.2) is 4.79 Å². The molecule has 0 aromatic heterocycles. The van der Waals surface area contributed by atoms with Gasteiger partial charge in [0.05, 0.1) is 5.56 Å². The molecule has 1 heterocycles. The molecule has 7 heteroatoms. The first-order valence-electron chi connectivity index (χ1n) is 9.09. The van der Waals surface area contributed by atoms with Crippen molar-refractivity contribution in [1.82, 2.24) is 4.90 Å². The predicted octanol–water partition coefficient (Wildman–Crippen LogP) is 4.08. The number of likely N-dealkylation sites (tertiary alicyclic amines) is 1. The number of hydrogen-bond acceptors (Lipinski definition) is 3. The maximum Gasteiger partial charge on any atom is 0.387 e. The summed E-state index contributed by atoms with van der Waals surface area (Å²) in [6, 6.07) is 12.8. The van der Waals surface area contributed by atoms with Gasteiger partial charge in [0.25, 0.3) is 5.91 Å². The van der Waals surface area contributed by atoms with E-state index in [-0.39, 0.29) is 17.6 Å². The lowest BCUT2D eigenvalue weighted by Gasteiger charge is -2.32. The Hall–Kier alpha value is -2.96. The largest absolute Gasteiger partial charge is 0.478 e. The fourth-order valence-corrected chi connectivity index (χ4v) is 3.55. The highest BCUT2D eigenvalue weighted by molar-refractivity contribution is 5.94. The monoisotopic (exact) mass is 389 g/mol. The first-order chi connectivity index (χ1) is 13.4. The number of carbonyl (C=O) groups is 2. The maximum absolute atomic E-state index is 12.7. The lowest BCUT2D eigenvalue weighted by molar-refractivity contribution is -0.0499. The third-order valence-electron chi connectivity index (χ3n) is 4.96. The van der Waals surface area contributed by atoms with Crippen LogP contribution in [-0.2, 0) is 6.42 Å². The summed E-state index contributed by atoms with van der Waals surface area (Å²) in [4.78, 5) is 25.7. The van der Waals surface area contributed by atoms with Crippen molar-refractivity contribution in [2.45, 2.75) is 25.9 Å². The molecule has 1 N–H and O–H groups in total. The molecule has 2 aromatic carbocycles. The molecule has 0 aliphatic carbocycles. The number of piperidine rings is 1. The van der Waals surface area contributed by atoms with Gasteiger partial charge in [-0.15, -0.1) is 0 Å². The Labute approximate surface area is 161 Å². The molecule has 2 aromatic rings. The summed E-state index contributed by atoms with van der Waals surface area (Å²) in [6.07, 6.45) is 2.17.